The van der Waals surface area contributed by atoms with Crippen LogP contribution in [-0.2, 0) is 19.2 Å². The molecule has 2 atom stereocenters. The zero-order valence-corrected chi connectivity index (χ0v) is 20.8. The fourth-order valence-corrected chi connectivity index (χ4v) is 3.46. The predicted octanol–water partition coefficient (Wildman–Crippen LogP) is -0.653. The summed E-state index contributed by atoms with van der Waals surface area (Å²) in [5.74, 6) is -3.54. The number of nitrogens with one attached hydrogen (secondary N) is 4. The lowest BCUT2D eigenvalue weighted by Gasteiger charge is -2.18. The quantitative estimate of drug-likeness (QED) is 0.167. The SMILES string of the molecule is NC(=O)C(CCCCC(NC(=O)CNC(=O)c1ccccc1)C(N)=O)NC(=O)CNC(=O)c1ccccc1. The Morgan fingerprint density at radius 2 is 0.921 bits per heavy atom. The highest BCUT2D eigenvalue weighted by atomic mass is 16.2. The third-order valence-corrected chi connectivity index (χ3v) is 5.48. The van der Waals surface area contributed by atoms with E-state index in [1.807, 2.05) is 0 Å². The number of hydrogen-bond donors (Lipinski definition) is 6. The molecule has 0 aliphatic rings. The normalized spacial score (nSPS) is 11.9. The molecule has 2 rings (SSSR count). The van der Waals surface area contributed by atoms with Gasteiger partial charge in [-0.3, -0.25) is 28.8 Å². The molecule has 202 valence electrons. The van der Waals surface area contributed by atoms with Crippen molar-refractivity contribution in [2.24, 2.45) is 11.5 Å². The summed E-state index contributed by atoms with van der Waals surface area (Å²) in [5, 5.41) is 9.88. The van der Waals surface area contributed by atoms with E-state index < -0.39 is 47.5 Å². The van der Waals surface area contributed by atoms with E-state index in [4.69, 9.17) is 11.5 Å². The van der Waals surface area contributed by atoms with Crippen molar-refractivity contribution in [1.29, 1.82) is 0 Å². The highest BCUT2D eigenvalue weighted by Gasteiger charge is 2.21. The molecule has 0 bridgehead atoms. The molecule has 0 aliphatic heterocycles. The maximum absolute atomic E-state index is 12.2. The van der Waals surface area contributed by atoms with Crippen LogP contribution in [0, 0.1) is 0 Å². The summed E-state index contributed by atoms with van der Waals surface area (Å²) in [4.78, 5) is 72.0. The summed E-state index contributed by atoms with van der Waals surface area (Å²) in [6.45, 7) is -0.678. The molecule has 2 aromatic rings. The van der Waals surface area contributed by atoms with Gasteiger partial charge in [-0.15, -0.1) is 0 Å². The molecule has 0 saturated heterocycles. The number of carbonyl (C=O) groups excluding carboxylic acids is 6. The van der Waals surface area contributed by atoms with Crippen molar-refractivity contribution in [3.05, 3.63) is 71.8 Å². The van der Waals surface area contributed by atoms with Gasteiger partial charge < -0.3 is 32.7 Å². The largest absolute Gasteiger partial charge is 0.368 e. The second-order valence-electron chi connectivity index (χ2n) is 8.43. The molecule has 0 saturated carbocycles. The van der Waals surface area contributed by atoms with E-state index in [9.17, 15) is 28.8 Å². The maximum atomic E-state index is 12.2. The van der Waals surface area contributed by atoms with E-state index in [-0.39, 0.29) is 25.9 Å². The molecule has 8 N–H and O–H groups in total. The monoisotopic (exact) mass is 524 g/mol. The second kappa shape index (κ2) is 15.4. The van der Waals surface area contributed by atoms with Gasteiger partial charge in [0.15, 0.2) is 0 Å². The minimum atomic E-state index is -0.981. The van der Waals surface area contributed by atoms with Crippen molar-refractivity contribution in [3.8, 4) is 0 Å². The molecule has 12 heteroatoms. The van der Waals surface area contributed by atoms with Gasteiger partial charge in [0.1, 0.15) is 12.1 Å². The fourth-order valence-electron chi connectivity index (χ4n) is 3.46. The Bertz CT molecular complexity index is 1040. The van der Waals surface area contributed by atoms with Crippen LogP contribution in [-0.4, -0.2) is 60.6 Å². The Morgan fingerprint density at radius 1 is 0.579 bits per heavy atom. The molecule has 12 nitrogen and oxygen atoms in total. The van der Waals surface area contributed by atoms with Crippen molar-refractivity contribution >= 4 is 35.4 Å². The molecule has 0 heterocycles. The summed E-state index contributed by atoms with van der Waals surface area (Å²) < 4.78 is 0. The molecular weight excluding hydrogens is 492 g/mol. The first kappa shape index (κ1) is 29.5. The van der Waals surface area contributed by atoms with Crippen molar-refractivity contribution in [2.75, 3.05) is 13.1 Å². The van der Waals surface area contributed by atoms with Crippen molar-refractivity contribution in [2.45, 2.75) is 37.8 Å². The molecule has 6 amide bonds. The van der Waals surface area contributed by atoms with Crippen LogP contribution in [0.5, 0.6) is 0 Å². The number of carbonyl (C=O) groups is 6. The van der Waals surface area contributed by atoms with Gasteiger partial charge >= 0.3 is 0 Å². The Kier molecular flexibility index (Phi) is 11.9. The number of amides is 6. The summed E-state index contributed by atoms with van der Waals surface area (Å²) in [6, 6.07) is 14.7. The Balaban J connectivity index is 1.72. The van der Waals surface area contributed by atoms with E-state index in [0.29, 0.717) is 24.0 Å². The first-order valence-electron chi connectivity index (χ1n) is 12.0. The molecule has 38 heavy (non-hydrogen) atoms. The molecule has 2 aromatic carbocycles. The highest BCUT2D eigenvalue weighted by Crippen LogP contribution is 2.07. The summed E-state index contributed by atoms with van der Waals surface area (Å²) in [6.07, 6.45) is 1.13. The number of rotatable bonds is 15. The standard InChI is InChI=1S/C26H32N6O6/c27-23(35)19(31-21(33)15-29-25(37)17-9-3-1-4-10-17)13-7-8-14-20(24(28)36)32-22(34)16-30-26(38)18-11-5-2-6-12-18/h1-6,9-12,19-20H,7-8,13-16H2,(H2,27,35)(H2,28,36)(H,29,37)(H,30,38)(H,31,33)(H,32,34). The van der Waals surface area contributed by atoms with Gasteiger partial charge in [0, 0.05) is 11.1 Å². The van der Waals surface area contributed by atoms with Gasteiger partial charge in [0.2, 0.25) is 23.6 Å². The molecule has 0 spiro atoms. The third kappa shape index (κ3) is 10.5. The fraction of sp³-hybridized carbons (Fsp3) is 0.308. The van der Waals surface area contributed by atoms with Crippen LogP contribution in [0.15, 0.2) is 60.7 Å². The topological polar surface area (TPSA) is 203 Å². The lowest BCUT2D eigenvalue weighted by molar-refractivity contribution is -0.127. The first-order chi connectivity index (χ1) is 18.2. The average molecular weight is 525 g/mol. The molecule has 0 aliphatic carbocycles. The average Bonchev–Trinajstić information content (AvgIpc) is 2.91. The molecule has 0 aromatic heterocycles. The van der Waals surface area contributed by atoms with Gasteiger partial charge in [0.05, 0.1) is 13.1 Å². The summed E-state index contributed by atoms with van der Waals surface area (Å²) in [7, 11) is 0. The van der Waals surface area contributed by atoms with Crippen LogP contribution in [0.3, 0.4) is 0 Å². The van der Waals surface area contributed by atoms with Gasteiger partial charge in [-0.25, -0.2) is 0 Å². The number of primary amides is 2. The maximum Gasteiger partial charge on any atom is 0.251 e. The van der Waals surface area contributed by atoms with E-state index >= 15 is 0 Å². The first-order valence-corrected chi connectivity index (χ1v) is 12.0. The second-order valence-corrected chi connectivity index (χ2v) is 8.43. The zero-order chi connectivity index (χ0) is 27.9. The minimum Gasteiger partial charge on any atom is -0.368 e. The number of benzene rings is 2. The molecule has 2 unspecified atom stereocenters. The lowest BCUT2D eigenvalue weighted by atomic mass is 10.0. The van der Waals surface area contributed by atoms with Gasteiger partial charge in [-0.2, -0.15) is 0 Å². The summed E-state index contributed by atoms with van der Waals surface area (Å²) >= 11 is 0. The van der Waals surface area contributed by atoms with Gasteiger partial charge in [0.25, 0.3) is 11.8 Å². The van der Waals surface area contributed by atoms with Crippen LogP contribution >= 0.6 is 0 Å². The van der Waals surface area contributed by atoms with Gasteiger partial charge in [-0.1, -0.05) is 49.2 Å². The lowest BCUT2D eigenvalue weighted by Crippen LogP contribution is -2.48. The molecule has 0 fully saturated rings. The smallest absolute Gasteiger partial charge is 0.251 e. The third-order valence-electron chi connectivity index (χ3n) is 5.48. The molecular formula is C26H32N6O6. The Morgan fingerprint density at radius 3 is 1.24 bits per heavy atom. The van der Waals surface area contributed by atoms with Crippen LogP contribution in [0.2, 0.25) is 0 Å². The number of unbranched alkanes of at least 4 members (excludes halogenated alkanes) is 1. The minimum absolute atomic E-state index is 0.181. The van der Waals surface area contributed by atoms with Crippen LogP contribution in [0.4, 0.5) is 0 Å². The summed E-state index contributed by atoms with van der Waals surface area (Å²) in [5.41, 5.74) is 11.5. The zero-order valence-electron chi connectivity index (χ0n) is 20.8. The van der Waals surface area contributed by atoms with Crippen LogP contribution in [0.1, 0.15) is 46.4 Å². The van der Waals surface area contributed by atoms with Crippen molar-refractivity contribution in [1.82, 2.24) is 21.3 Å². The van der Waals surface area contributed by atoms with E-state index in [2.05, 4.69) is 21.3 Å². The number of nitrogens with two attached hydrogens (primary N) is 2. The van der Waals surface area contributed by atoms with Gasteiger partial charge in [-0.05, 0) is 37.1 Å². The highest BCUT2D eigenvalue weighted by molar-refractivity contribution is 5.97. The van der Waals surface area contributed by atoms with Crippen molar-refractivity contribution in [3.63, 3.8) is 0 Å². The van der Waals surface area contributed by atoms with Crippen LogP contribution < -0.4 is 32.7 Å². The molecule has 0 radical (unpaired) electrons. The van der Waals surface area contributed by atoms with E-state index in [0.717, 1.165) is 0 Å². The van der Waals surface area contributed by atoms with Crippen LogP contribution in [0.25, 0.3) is 0 Å². The Hall–Kier alpha value is -4.74. The van der Waals surface area contributed by atoms with Crippen molar-refractivity contribution < 1.29 is 28.8 Å². The Labute approximate surface area is 219 Å². The van der Waals surface area contributed by atoms with E-state index in [1.165, 1.54) is 0 Å². The number of hydrogen-bond acceptors (Lipinski definition) is 6. The predicted molar refractivity (Wildman–Crippen MR) is 138 cm³/mol. The van der Waals surface area contributed by atoms with E-state index in [1.54, 1.807) is 60.7 Å².